The number of rotatable bonds is 15. The summed E-state index contributed by atoms with van der Waals surface area (Å²) in [6.45, 7) is 0.634. The minimum atomic E-state index is -1.29. The normalized spacial score (nSPS) is 13.6. The lowest BCUT2D eigenvalue weighted by Crippen LogP contribution is -2.37. The number of esters is 1. The van der Waals surface area contributed by atoms with Gasteiger partial charge in [-0.05, 0) is 13.3 Å². The number of hydrogen-bond acceptors (Lipinski definition) is 9. The van der Waals surface area contributed by atoms with Crippen molar-refractivity contribution in [3.05, 3.63) is 0 Å². The van der Waals surface area contributed by atoms with Crippen LogP contribution in [0.2, 0.25) is 0 Å². The maximum Gasteiger partial charge on any atom is 0.322 e. The fourth-order valence-electron chi connectivity index (χ4n) is 2.12. The third-order valence-electron chi connectivity index (χ3n) is 3.87. The Bertz CT molecular complexity index is 638. The maximum absolute atomic E-state index is 12.2. The molecule has 3 atom stereocenters. The topological polar surface area (TPSA) is 190 Å². The van der Waals surface area contributed by atoms with Gasteiger partial charge in [0.2, 0.25) is 5.91 Å². The molecule has 0 aromatic heterocycles. The van der Waals surface area contributed by atoms with Gasteiger partial charge in [0, 0.05) is 18.6 Å². The fourth-order valence-corrected chi connectivity index (χ4v) is 3.25. The number of hydrogen-bond donors (Lipinski definition) is 4. The maximum atomic E-state index is 12.2. The molecule has 29 heavy (non-hydrogen) atoms. The van der Waals surface area contributed by atoms with Crippen molar-refractivity contribution in [2.24, 2.45) is 11.7 Å². The van der Waals surface area contributed by atoms with Crippen LogP contribution < -0.4 is 11.1 Å². The number of carbonyl (C=O) groups is 6. The monoisotopic (exact) mass is 434 g/mol. The highest BCUT2D eigenvalue weighted by molar-refractivity contribution is 8.00. The Kier molecular flexibility index (Phi) is 12.5. The summed E-state index contributed by atoms with van der Waals surface area (Å²) in [5.41, 5.74) is 5.57. The molecule has 0 aliphatic rings. The molecule has 0 aliphatic heterocycles. The minimum absolute atomic E-state index is 0.0569. The number of ether oxygens (including phenoxy) is 1. The van der Waals surface area contributed by atoms with E-state index in [1.807, 2.05) is 0 Å². The van der Waals surface area contributed by atoms with Gasteiger partial charge in [0.25, 0.3) is 0 Å². The minimum Gasteiger partial charge on any atom is -0.480 e. The zero-order valence-corrected chi connectivity index (χ0v) is 17.0. The Morgan fingerprint density at radius 1 is 1.10 bits per heavy atom. The number of methoxy groups -OCH3 is 1. The largest absolute Gasteiger partial charge is 0.480 e. The van der Waals surface area contributed by atoms with Crippen molar-refractivity contribution in [2.45, 2.75) is 43.9 Å². The van der Waals surface area contributed by atoms with E-state index in [1.54, 1.807) is 0 Å². The molecule has 0 spiro atoms. The predicted molar refractivity (Wildman–Crippen MR) is 102 cm³/mol. The number of carboxylic acid groups (broad SMARTS) is 2. The Morgan fingerprint density at radius 2 is 1.72 bits per heavy atom. The van der Waals surface area contributed by atoms with E-state index < -0.39 is 54.0 Å². The second kappa shape index (κ2) is 13.7. The lowest BCUT2D eigenvalue weighted by molar-refractivity contribution is -0.145. The smallest absolute Gasteiger partial charge is 0.322 e. The standard InChI is InChI=1S/C17H26N2O9S/c1-9(20)12(18)4-3-11(21)5-10(16(25)19-7-14(22)23)8-29-13(17(26)27)6-15(24)28-2/h10,12-13H,3-8,18H2,1-2H3,(H,19,25)(H,22,23)(H,26,27)/t10-,12-,13?/m0/s1. The molecule has 0 fully saturated rings. The third kappa shape index (κ3) is 11.9. The lowest BCUT2D eigenvalue weighted by atomic mass is 9.98. The SMILES string of the molecule is COC(=O)CC(SC[C@H](CC(=O)CC[C@H](N)C(C)=O)C(=O)NCC(=O)O)C(=O)O. The number of carbonyl (C=O) groups excluding carboxylic acids is 4. The van der Waals surface area contributed by atoms with Gasteiger partial charge in [-0.2, -0.15) is 0 Å². The summed E-state index contributed by atoms with van der Waals surface area (Å²) in [6.07, 6.45) is -0.668. The average Bonchev–Trinajstić information content (AvgIpc) is 2.65. The molecule has 0 heterocycles. The molecule has 5 N–H and O–H groups in total. The highest BCUT2D eigenvalue weighted by atomic mass is 32.2. The van der Waals surface area contributed by atoms with E-state index in [1.165, 1.54) is 6.92 Å². The van der Waals surface area contributed by atoms with Gasteiger partial charge in [0.15, 0.2) is 0 Å². The number of carboxylic acids is 2. The molecule has 1 unspecified atom stereocenters. The van der Waals surface area contributed by atoms with Crippen LogP contribution >= 0.6 is 11.8 Å². The summed E-state index contributed by atoms with van der Waals surface area (Å²) in [7, 11) is 1.11. The second-order valence-electron chi connectivity index (χ2n) is 6.25. The highest BCUT2D eigenvalue weighted by Crippen LogP contribution is 2.22. The first-order chi connectivity index (χ1) is 13.5. The van der Waals surface area contributed by atoms with Crippen molar-refractivity contribution in [2.75, 3.05) is 19.4 Å². The summed E-state index contributed by atoms with van der Waals surface area (Å²) in [4.78, 5) is 68.8. The van der Waals surface area contributed by atoms with E-state index in [2.05, 4.69) is 10.1 Å². The van der Waals surface area contributed by atoms with Crippen molar-refractivity contribution >= 4 is 47.1 Å². The average molecular weight is 434 g/mol. The van der Waals surface area contributed by atoms with Gasteiger partial charge in [0.1, 0.15) is 23.4 Å². The first kappa shape index (κ1) is 26.5. The molecule has 0 radical (unpaired) electrons. The number of nitrogens with two attached hydrogens (primary N) is 1. The van der Waals surface area contributed by atoms with Crippen LogP contribution in [-0.4, -0.2) is 76.3 Å². The quantitative estimate of drug-likeness (QED) is 0.236. The number of nitrogens with one attached hydrogen (secondary N) is 1. The summed E-state index contributed by atoms with van der Waals surface area (Å²) in [6, 6.07) is -0.802. The van der Waals surface area contributed by atoms with E-state index in [4.69, 9.17) is 10.8 Å². The Labute approximate surface area is 171 Å². The van der Waals surface area contributed by atoms with Gasteiger partial charge in [-0.1, -0.05) is 0 Å². The van der Waals surface area contributed by atoms with Crippen LogP contribution in [-0.2, 0) is 33.5 Å². The van der Waals surface area contributed by atoms with Crippen LogP contribution in [0.5, 0.6) is 0 Å². The molecule has 0 aliphatic carbocycles. The van der Waals surface area contributed by atoms with Gasteiger partial charge >= 0.3 is 17.9 Å². The van der Waals surface area contributed by atoms with Crippen LogP contribution in [0.3, 0.4) is 0 Å². The molecular weight excluding hydrogens is 408 g/mol. The molecular formula is C17H26N2O9S. The van der Waals surface area contributed by atoms with E-state index in [-0.39, 0.29) is 36.6 Å². The van der Waals surface area contributed by atoms with Crippen molar-refractivity contribution in [1.29, 1.82) is 0 Å². The van der Waals surface area contributed by atoms with Crippen molar-refractivity contribution < 1.29 is 43.7 Å². The van der Waals surface area contributed by atoms with Crippen molar-refractivity contribution in [3.63, 3.8) is 0 Å². The number of ketones is 2. The number of Topliss-reactive ketones (excluding diaryl/α,β-unsaturated/α-hetero) is 2. The zero-order chi connectivity index (χ0) is 22.6. The predicted octanol–water partition coefficient (Wildman–Crippen LogP) is -0.791. The van der Waals surface area contributed by atoms with Crippen molar-refractivity contribution in [3.8, 4) is 0 Å². The third-order valence-corrected chi connectivity index (χ3v) is 5.23. The molecule has 0 rings (SSSR count). The Hall–Kier alpha value is -2.47. The molecule has 0 aromatic rings. The van der Waals surface area contributed by atoms with E-state index in [9.17, 15) is 33.9 Å². The van der Waals surface area contributed by atoms with Crippen LogP contribution in [0.1, 0.15) is 32.6 Å². The summed E-state index contributed by atoms with van der Waals surface area (Å²) in [5, 5.41) is 18.8. The Morgan fingerprint density at radius 3 is 2.21 bits per heavy atom. The summed E-state index contributed by atoms with van der Waals surface area (Å²) >= 11 is 0.776. The number of aliphatic carboxylic acids is 2. The van der Waals surface area contributed by atoms with Crippen molar-refractivity contribution in [1.82, 2.24) is 5.32 Å². The fraction of sp³-hybridized carbons (Fsp3) is 0.647. The van der Waals surface area contributed by atoms with Gasteiger partial charge < -0.3 is 26.0 Å². The van der Waals surface area contributed by atoms with Gasteiger partial charge in [-0.3, -0.25) is 28.8 Å². The highest BCUT2D eigenvalue weighted by Gasteiger charge is 2.28. The molecule has 0 aromatic carbocycles. The van der Waals surface area contributed by atoms with Crippen LogP contribution in [0.25, 0.3) is 0 Å². The van der Waals surface area contributed by atoms with E-state index in [0.29, 0.717) is 0 Å². The second-order valence-corrected chi connectivity index (χ2v) is 7.48. The lowest BCUT2D eigenvalue weighted by Gasteiger charge is -2.18. The molecule has 0 bridgehead atoms. The molecule has 164 valence electrons. The van der Waals surface area contributed by atoms with E-state index in [0.717, 1.165) is 18.9 Å². The van der Waals surface area contributed by atoms with Gasteiger partial charge in [-0.15, -0.1) is 11.8 Å². The van der Waals surface area contributed by atoms with Crippen LogP contribution in [0.15, 0.2) is 0 Å². The number of thioether (sulfide) groups is 1. The van der Waals surface area contributed by atoms with Crippen LogP contribution in [0.4, 0.5) is 0 Å². The van der Waals surface area contributed by atoms with Crippen LogP contribution in [0, 0.1) is 5.92 Å². The molecule has 11 nitrogen and oxygen atoms in total. The summed E-state index contributed by atoms with van der Waals surface area (Å²) in [5.74, 6) is -5.85. The molecule has 0 saturated heterocycles. The molecule has 12 heteroatoms. The summed E-state index contributed by atoms with van der Waals surface area (Å²) < 4.78 is 4.43. The van der Waals surface area contributed by atoms with Gasteiger partial charge in [0.05, 0.1) is 25.5 Å². The first-order valence-electron chi connectivity index (χ1n) is 8.66. The zero-order valence-electron chi connectivity index (χ0n) is 16.2. The number of amides is 1. The molecule has 0 saturated carbocycles. The molecule has 1 amide bonds. The first-order valence-corrected chi connectivity index (χ1v) is 9.71. The van der Waals surface area contributed by atoms with Gasteiger partial charge in [-0.25, -0.2) is 0 Å². The Balaban J connectivity index is 5.03. The van der Waals surface area contributed by atoms with E-state index >= 15 is 0 Å².